The van der Waals surface area contributed by atoms with Crippen LogP contribution < -0.4 is 14.2 Å². The Balaban J connectivity index is 1.68. The molecular formula is C14H17NO5. The molecule has 2 aliphatic rings. The molecule has 1 N–H and O–H groups in total. The van der Waals surface area contributed by atoms with Gasteiger partial charge in [-0.15, -0.1) is 0 Å². The van der Waals surface area contributed by atoms with Gasteiger partial charge < -0.3 is 24.2 Å². The lowest BCUT2D eigenvalue weighted by molar-refractivity contribution is -0.132. The van der Waals surface area contributed by atoms with Crippen molar-refractivity contribution in [2.75, 3.05) is 26.5 Å². The number of hydrogen-bond acceptors (Lipinski definition) is 5. The molecule has 2 heterocycles. The minimum atomic E-state index is -0.177. The minimum absolute atomic E-state index is 0.0212. The van der Waals surface area contributed by atoms with Crippen LogP contribution in [0, 0.1) is 0 Å². The van der Waals surface area contributed by atoms with Gasteiger partial charge in [0, 0.05) is 24.7 Å². The highest BCUT2D eigenvalue weighted by atomic mass is 16.7. The highest BCUT2D eigenvalue weighted by Crippen LogP contribution is 2.38. The van der Waals surface area contributed by atoms with Crippen LogP contribution in [0.25, 0.3) is 0 Å². The van der Waals surface area contributed by atoms with E-state index in [-0.39, 0.29) is 25.9 Å². The van der Waals surface area contributed by atoms with Gasteiger partial charge in [0.15, 0.2) is 18.1 Å². The van der Waals surface area contributed by atoms with Crippen LogP contribution in [-0.4, -0.2) is 42.4 Å². The fourth-order valence-electron chi connectivity index (χ4n) is 2.42. The zero-order valence-electron chi connectivity index (χ0n) is 11.1. The number of carbonyl (C=O) groups excluding carboxylic acids is 1. The van der Waals surface area contributed by atoms with Crippen molar-refractivity contribution in [2.24, 2.45) is 0 Å². The molecule has 6 heteroatoms. The Morgan fingerprint density at radius 2 is 1.95 bits per heavy atom. The molecular weight excluding hydrogens is 262 g/mol. The second-order valence-electron chi connectivity index (χ2n) is 4.85. The van der Waals surface area contributed by atoms with Gasteiger partial charge in [-0.3, -0.25) is 4.79 Å². The van der Waals surface area contributed by atoms with Crippen LogP contribution >= 0.6 is 0 Å². The number of ether oxygens (including phenoxy) is 3. The van der Waals surface area contributed by atoms with E-state index in [0.717, 1.165) is 25.9 Å². The third-order valence-electron chi connectivity index (χ3n) is 3.54. The van der Waals surface area contributed by atoms with E-state index < -0.39 is 0 Å². The second kappa shape index (κ2) is 5.58. The zero-order valence-corrected chi connectivity index (χ0v) is 11.1. The number of amides is 1. The molecule has 0 aromatic heterocycles. The monoisotopic (exact) mass is 279 g/mol. The Hall–Kier alpha value is -1.95. The van der Waals surface area contributed by atoms with Crippen LogP contribution in [-0.2, 0) is 11.4 Å². The Bertz CT molecular complexity index is 511. The fraction of sp³-hybridized carbons (Fsp3) is 0.500. The van der Waals surface area contributed by atoms with Gasteiger partial charge in [0.1, 0.15) is 5.75 Å². The van der Waals surface area contributed by atoms with E-state index in [2.05, 4.69) is 0 Å². The van der Waals surface area contributed by atoms with E-state index in [4.69, 9.17) is 14.2 Å². The number of benzene rings is 1. The molecule has 2 aliphatic heterocycles. The number of aliphatic hydroxyl groups is 1. The predicted molar refractivity (Wildman–Crippen MR) is 69.8 cm³/mol. The van der Waals surface area contributed by atoms with Crippen molar-refractivity contribution in [3.8, 4) is 17.2 Å². The van der Waals surface area contributed by atoms with Gasteiger partial charge in [0.2, 0.25) is 6.79 Å². The quantitative estimate of drug-likeness (QED) is 0.887. The predicted octanol–water partition coefficient (Wildman–Crippen LogP) is 0.909. The highest BCUT2D eigenvalue weighted by molar-refractivity contribution is 5.78. The lowest BCUT2D eigenvalue weighted by atomic mass is 10.2. The van der Waals surface area contributed by atoms with Gasteiger partial charge in [-0.1, -0.05) is 0 Å². The SMILES string of the molecule is O=C(COc1cc2c(cc1CO)OCO2)N1CCCC1. The molecule has 3 rings (SSSR count). The maximum absolute atomic E-state index is 11.9. The number of fused-ring (bicyclic) bond motifs is 1. The summed E-state index contributed by atoms with van der Waals surface area (Å²) in [4.78, 5) is 13.7. The first-order valence-corrected chi connectivity index (χ1v) is 6.72. The van der Waals surface area contributed by atoms with Crippen LogP contribution in [0.15, 0.2) is 12.1 Å². The lowest BCUT2D eigenvalue weighted by Crippen LogP contribution is -2.32. The maximum atomic E-state index is 11.9. The molecule has 108 valence electrons. The van der Waals surface area contributed by atoms with Crippen molar-refractivity contribution >= 4 is 5.91 Å². The number of hydrogen-bond donors (Lipinski definition) is 1. The van der Waals surface area contributed by atoms with Crippen molar-refractivity contribution in [3.05, 3.63) is 17.7 Å². The van der Waals surface area contributed by atoms with Crippen LogP contribution in [0.3, 0.4) is 0 Å². The van der Waals surface area contributed by atoms with Crippen LogP contribution in [0.2, 0.25) is 0 Å². The Morgan fingerprint density at radius 3 is 2.65 bits per heavy atom. The maximum Gasteiger partial charge on any atom is 0.260 e. The molecule has 1 aromatic carbocycles. The van der Waals surface area contributed by atoms with Gasteiger partial charge in [0.05, 0.1) is 6.61 Å². The smallest absolute Gasteiger partial charge is 0.260 e. The summed E-state index contributed by atoms with van der Waals surface area (Å²) in [7, 11) is 0. The van der Waals surface area contributed by atoms with Crippen LogP contribution in [0.5, 0.6) is 17.2 Å². The number of nitrogens with zero attached hydrogens (tertiary/aromatic N) is 1. The van der Waals surface area contributed by atoms with Gasteiger partial charge in [-0.25, -0.2) is 0 Å². The molecule has 1 aromatic rings. The molecule has 0 bridgehead atoms. The molecule has 0 aliphatic carbocycles. The van der Waals surface area contributed by atoms with E-state index in [0.29, 0.717) is 22.8 Å². The molecule has 0 unspecified atom stereocenters. The minimum Gasteiger partial charge on any atom is -0.483 e. The van der Waals surface area contributed by atoms with Crippen molar-refractivity contribution < 1.29 is 24.1 Å². The molecule has 1 fully saturated rings. The molecule has 0 radical (unpaired) electrons. The largest absolute Gasteiger partial charge is 0.483 e. The van der Waals surface area contributed by atoms with Gasteiger partial charge in [-0.05, 0) is 18.9 Å². The standard InChI is InChI=1S/C14H17NO5/c16-7-10-5-12-13(20-9-19-12)6-11(10)18-8-14(17)15-3-1-2-4-15/h5-6,16H,1-4,7-9H2. The van der Waals surface area contributed by atoms with Crippen molar-refractivity contribution in [1.82, 2.24) is 4.90 Å². The van der Waals surface area contributed by atoms with Gasteiger partial charge in [0.25, 0.3) is 5.91 Å². The summed E-state index contributed by atoms with van der Waals surface area (Å²) in [6.07, 6.45) is 2.11. The summed E-state index contributed by atoms with van der Waals surface area (Å²) in [6.45, 7) is 1.57. The average molecular weight is 279 g/mol. The molecule has 0 atom stereocenters. The van der Waals surface area contributed by atoms with E-state index >= 15 is 0 Å². The second-order valence-corrected chi connectivity index (χ2v) is 4.85. The van der Waals surface area contributed by atoms with E-state index in [1.54, 1.807) is 17.0 Å². The first kappa shape index (κ1) is 13.1. The van der Waals surface area contributed by atoms with Crippen LogP contribution in [0.4, 0.5) is 0 Å². The first-order valence-electron chi connectivity index (χ1n) is 6.72. The zero-order chi connectivity index (χ0) is 13.9. The van der Waals surface area contributed by atoms with E-state index in [9.17, 15) is 9.90 Å². The van der Waals surface area contributed by atoms with E-state index in [1.165, 1.54) is 0 Å². The summed E-state index contributed by atoms with van der Waals surface area (Å²) in [6, 6.07) is 3.34. The summed E-state index contributed by atoms with van der Waals surface area (Å²) in [5.74, 6) is 1.60. The number of likely N-dealkylation sites (tertiary alicyclic amines) is 1. The van der Waals surface area contributed by atoms with Crippen molar-refractivity contribution in [3.63, 3.8) is 0 Å². The third-order valence-corrected chi connectivity index (χ3v) is 3.54. The summed E-state index contributed by atoms with van der Waals surface area (Å²) < 4.78 is 16.0. The molecule has 6 nitrogen and oxygen atoms in total. The first-order chi connectivity index (χ1) is 9.78. The van der Waals surface area contributed by atoms with E-state index in [1.807, 2.05) is 0 Å². The molecule has 0 spiro atoms. The summed E-state index contributed by atoms with van der Waals surface area (Å²) in [5.41, 5.74) is 0.587. The van der Waals surface area contributed by atoms with Crippen molar-refractivity contribution in [1.29, 1.82) is 0 Å². The third kappa shape index (κ3) is 2.51. The molecule has 20 heavy (non-hydrogen) atoms. The Kier molecular flexibility index (Phi) is 3.64. The normalized spacial score (nSPS) is 16.6. The van der Waals surface area contributed by atoms with Crippen molar-refractivity contribution in [2.45, 2.75) is 19.4 Å². The molecule has 1 saturated heterocycles. The van der Waals surface area contributed by atoms with Gasteiger partial charge in [-0.2, -0.15) is 0 Å². The Labute approximate surface area is 116 Å². The lowest BCUT2D eigenvalue weighted by Gasteiger charge is -2.16. The number of rotatable bonds is 4. The fourth-order valence-corrected chi connectivity index (χ4v) is 2.42. The molecule has 1 amide bonds. The summed E-state index contributed by atoms with van der Waals surface area (Å²) in [5, 5.41) is 9.35. The number of aliphatic hydroxyl groups excluding tert-OH is 1. The highest BCUT2D eigenvalue weighted by Gasteiger charge is 2.21. The number of carbonyl (C=O) groups is 1. The van der Waals surface area contributed by atoms with Gasteiger partial charge >= 0.3 is 0 Å². The topological polar surface area (TPSA) is 68.2 Å². The molecule has 0 saturated carbocycles. The summed E-state index contributed by atoms with van der Waals surface area (Å²) >= 11 is 0. The average Bonchev–Trinajstić information content (AvgIpc) is 3.13. The Morgan fingerprint density at radius 1 is 1.25 bits per heavy atom. The van der Waals surface area contributed by atoms with Crippen LogP contribution in [0.1, 0.15) is 18.4 Å².